The molecule has 0 bridgehead atoms. The van der Waals surface area contributed by atoms with Crippen LogP contribution in [-0.2, 0) is 59.2 Å². The van der Waals surface area contributed by atoms with Crippen LogP contribution in [0.15, 0.2) is 11.0 Å². The minimum absolute atomic E-state index is 0. The normalized spacial score (nSPS) is 27.4. The van der Waals surface area contributed by atoms with E-state index >= 15 is 0 Å². The van der Waals surface area contributed by atoms with Crippen LogP contribution in [0.5, 0.6) is 5.88 Å². The first-order valence-electron chi connectivity index (χ1n) is 7.08. The number of aliphatic hydroxyl groups is 2. The van der Waals surface area contributed by atoms with Crippen molar-refractivity contribution < 1.29 is 94.1 Å². The average Bonchev–Trinajstić information content (AvgIpc) is 2.78. The van der Waals surface area contributed by atoms with Crippen molar-refractivity contribution in [1.82, 2.24) is 9.55 Å². The van der Waals surface area contributed by atoms with Gasteiger partial charge in [0, 0.05) is 18.1 Å². The predicted octanol–water partition coefficient (Wildman–Crippen LogP) is -2.50. The van der Waals surface area contributed by atoms with Gasteiger partial charge in [-0.25, -0.2) is 23.5 Å². The molecule has 2 radical (unpaired) electrons. The molecule has 0 spiro atoms. The summed E-state index contributed by atoms with van der Waals surface area (Å²) in [6, 6.07) is 2.02. The van der Waals surface area contributed by atoms with Crippen LogP contribution in [-0.4, -0.2) is 64.3 Å². The molecule has 6 atom stereocenters. The fourth-order valence-electron chi connectivity index (χ4n) is 2.11. The smallest absolute Gasteiger partial charge is 0.858 e. The largest absolute Gasteiger partial charge is 1.00 e. The molecule has 22 heteroatoms. The molecule has 17 nitrogen and oxygen atoms in total. The number of hydrogen-bond donors (Lipinski definition) is 6. The number of aliphatic hydroxyl groups excluding tert-OH is 2. The molecule has 31 heavy (non-hydrogen) atoms. The number of hydrogen-bond acceptors (Lipinski definition) is 12. The summed E-state index contributed by atoms with van der Waals surface area (Å²) in [6.45, 7) is -1.07. The second-order valence-corrected chi connectivity index (χ2v) is 9.73. The summed E-state index contributed by atoms with van der Waals surface area (Å²) in [7, 11) is -16.8. The van der Waals surface area contributed by atoms with Crippen LogP contribution in [0, 0.1) is 6.07 Å². The Hall–Kier alpha value is 0.195. The van der Waals surface area contributed by atoms with Gasteiger partial charge in [0.05, 0.1) is 6.61 Å². The van der Waals surface area contributed by atoms with Gasteiger partial charge in [0.2, 0.25) is 0 Å². The van der Waals surface area contributed by atoms with Gasteiger partial charge in [0.1, 0.15) is 18.3 Å². The molecule has 1 aromatic rings. The van der Waals surface area contributed by atoms with Crippen LogP contribution in [0.4, 0.5) is 0 Å². The van der Waals surface area contributed by atoms with E-state index in [2.05, 4.69) is 18.1 Å². The van der Waals surface area contributed by atoms with Crippen LogP contribution < -0.4 is 10.8 Å². The number of phosphoric ester groups is 1. The Kier molecular flexibility index (Phi) is 11.6. The van der Waals surface area contributed by atoms with Gasteiger partial charge in [-0.3, -0.25) is 9.09 Å². The van der Waals surface area contributed by atoms with Gasteiger partial charge in [0.15, 0.2) is 6.23 Å². The number of halogens is 1. The second kappa shape index (κ2) is 11.6. The van der Waals surface area contributed by atoms with E-state index in [1.807, 2.05) is 6.07 Å². The SMILES string of the molecule is Cl.O=c1nc([O-])[c]cn1[C@@H]1O[C@H](COP(=O)(O)OP(=O)(O)OP(=O)(O)O)[C@@H](O)[C@H]1O.[Hg+]. The molecular weight excluding hydrogens is 705 g/mol. The Morgan fingerprint density at radius 2 is 1.71 bits per heavy atom. The minimum Gasteiger partial charge on any atom is -0.858 e. The summed E-state index contributed by atoms with van der Waals surface area (Å²) in [5.41, 5.74) is -1.15. The topological polar surface area (TPSA) is 267 Å². The van der Waals surface area contributed by atoms with Gasteiger partial charge >= 0.3 is 56.8 Å². The fourth-order valence-corrected chi connectivity index (χ4v) is 5.14. The van der Waals surface area contributed by atoms with Crippen molar-refractivity contribution in [2.75, 3.05) is 6.61 Å². The molecule has 1 aliphatic heterocycles. The zero-order valence-corrected chi connectivity index (χ0v) is 23.8. The third kappa shape index (κ3) is 9.16. The molecule has 6 N–H and O–H groups in total. The third-order valence-corrected chi connectivity index (χ3v) is 6.98. The first-order valence-corrected chi connectivity index (χ1v) is 11.6. The van der Waals surface area contributed by atoms with Gasteiger partial charge in [-0.15, -0.1) is 12.4 Å². The molecule has 1 fully saturated rings. The maximum atomic E-state index is 11.7. The maximum absolute atomic E-state index is 11.7. The summed E-state index contributed by atoms with van der Waals surface area (Å²) in [4.78, 5) is 49.9. The van der Waals surface area contributed by atoms with E-state index in [0.717, 1.165) is 6.20 Å². The summed E-state index contributed by atoms with van der Waals surface area (Å²) < 4.78 is 50.4. The van der Waals surface area contributed by atoms with E-state index in [9.17, 15) is 38.7 Å². The van der Waals surface area contributed by atoms with Crippen molar-refractivity contribution in [3.05, 3.63) is 22.7 Å². The Balaban J connectivity index is 0.00000450. The Morgan fingerprint density at radius 1 is 1.13 bits per heavy atom. The molecule has 0 aliphatic carbocycles. The molecule has 0 saturated carbocycles. The molecule has 2 rings (SSSR count). The molecule has 2 unspecified atom stereocenters. The quantitative estimate of drug-likeness (QED) is 0.120. The Labute approximate surface area is 199 Å². The summed E-state index contributed by atoms with van der Waals surface area (Å²) in [6.07, 6.45) is -6.01. The van der Waals surface area contributed by atoms with E-state index in [-0.39, 0.29) is 40.1 Å². The van der Waals surface area contributed by atoms with Gasteiger partial charge in [-0.1, -0.05) is 0 Å². The van der Waals surface area contributed by atoms with Crippen LogP contribution in [0.25, 0.3) is 0 Å². The Bertz CT molecular complexity index is 956. The van der Waals surface area contributed by atoms with E-state index in [1.165, 1.54) is 0 Å². The van der Waals surface area contributed by atoms with Crippen LogP contribution in [0.2, 0.25) is 0 Å². The standard InChI is InChI=1S/C9H14N2O15P3.ClH.Hg/c12-5-1-2-11(9(15)10-5)8-7(14)6(13)4(24-8)3-23-28(19,20)26-29(21,22)25-27(16,17)18;;/h2,4,6-8,13-14H,3H2,(H,19,20)(H,21,22)(H,10,12,15)(H2,16,17,18);1H;/q;;+1/p-1/t4-,6-,7-,8-;;/m1../s1. The van der Waals surface area contributed by atoms with Crippen molar-refractivity contribution in [1.29, 1.82) is 0 Å². The van der Waals surface area contributed by atoms with Crippen molar-refractivity contribution >= 4 is 35.9 Å². The second-order valence-electron chi connectivity index (χ2n) is 5.31. The number of ether oxygens (including phenoxy) is 1. The third-order valence-electron chi connectivity index (χ3n) is 3.17. The van der Waals surface area contributed by atoms with Crippen molar-refractivity contribution in [3.8, 4) is 5.88 Å². The molecule has 1 aromatic heterocycles. The van der Waals surface area contributed by atoms with E-state index in [4.69, 9.17) is 19.4 Å². The zero-order valence-electron chi connectivity index (χ0n) is 14.8. The van der Waals surface area contributed by atoms with E-state index < -0.39 is 66.2 Å². The maximum Gasteiger partial charge on any atom is 1.00 e. The zero-order chi connectivity index (χ0) is 22.2. The van der Waals surface area contributed by atoms with Crippen molar-refractivity contribution in [2.45, 2.75) is 24.5 Å². The van der Waals surface area contributed by atoms with Crippen molar-refractivity contribution in [3.63, 3.8) is 0 Å². The molecule has 0 aromatic carbocycles. The molecule has 2 heterocycles. The minimum atomic E-state index is -5.74. The first kappa shape index (κ1) is 31.2. The predicted molar refractivity (Wildman–Crippen MR) is 89.8 cm³/mol. The summed E-state index contributed by atoms with van der Waals surface area (Å²) in [5, 5.41) is 30.8. The molecule has 1 saturated heterocycles. The molecule has 1 aliphatic rings. The van der Waals surface area contributed by atoms with Crippen molar-refractivity contribution in [2.24, 2.45) is 0 Å². The molecule has 0 amide bonds. The van der Waals surface area contributed by atoms with Gasteiger partial charge in [-0.05, 0) is 0 Å². The summed E-state index contributed by atoms with van der Waals surface area (Å²) in [5.74, 6) is -0.997. The fraction of sp³-hybridized carbons (Fsp3) is 0.556. The molecular formula is C9H14ClHgN2O15P3. The monoisotopic (exact) mass is 720 g/mol. The van der Waals surface area contributed by atoms with Gasteiger partial charge < -0.3 is 39.6 Å². The number of nitrogens with zero attached hydrogens (tertiary/aromatic N) is 2. The number of aromatic nitrogens is 2. The van der Waals surface area contributed by atoms with Gasteiger partial charge in [-0.2, -0.15) is 8.62 Å². The number of rotatable bonds is 8. The summed E-state index contributed by atoms with van der Waals surface area (Å²) >= 11 is 0. The van der Waals surface area contributed by atoms with Crippen LogP contribution in [0.1, 0.15) is 6.23 Å². The van der Waals surface area contributed by atoms with Crippen LogP contribution in [0.3, 0.4) is 0 Å². The van der Waals surface area contributed by atoms with Crippen LogP contribution >= 0.6 is 35.9 Å². The van der Waals surface area contributed by atoms with E-state index in [1.54, 1.807) is 0 Å². The van der Waals surface area contributed by atoms with Gasteiger partial charge in [0.25, 0.3) is 0 Å². The first-order chi connectivity index (χ1) is 13.1. The number of phosphoric acid groups is 3. The average molecular weight is 719 g/mol. The Morgan fingerprint density at radius 3 is 2.23 bits per heavy atom. The van der Waals surface area contributed by atoms with E-state index in [0.29, 0.717) is 4.57 Å². The molecule has 174 valence electrons.